The van der Waals surface area contributed by atoms with Crippen LogP contribution >= 0.6 is 0 Å². The Morgan fingerprint density at radius 2 is 1.85 bits per heavy atom. The minimum atomic E-state index is -0.952. The zero-order valence-corrected chi connectivity index (χ0v) is 19.0. The minimum Gasteiger partial charge on any atom is -0.480 e. The predicted molar refractivity (Wildman–Crippen MR) is 129 cm³/mol. The Hall–Kier alpha value is -3.45. The van der Waals surface area contributed by atoms with Crippen molar-refractivity contribution in [1.29, 1.82) is 0 Å². The Morgan fingerprint density at radius 1 is 1.12 bits per heavy atom. The van der Waals surface area contributed by atoms with Crippen molar-refractivity contribution in [2.24, 2.45) is 0 Å². The molecule has 4 rings (SSSR count). The maximum atomic E-state index is 14.1. The van der Waals surface area contributed by atoms with E-state index in [-0.39, 0.29) is 5.78 Å². The summed E-state index contributed by atoms with van der Waals surface area (Å²) in [6.45, 7) is 1.60. The molecule has 0 aliphatic heterocycles. The first kappa shape index (κ1) is 22.7. The first-order valence-electron chi connectivity index (χ1n) is 11.4. The van der Waals surface area contributed by atoms with Crippen LogP contribution in [0.5, 0.6) is 0 Å². The Morgan fingerprint density at radius 3 is 2.48 bits per heavy atom. The molecule has 1 saturated carbocycles. The van der Waals surface area contributed by atoms with Gasteiger partial charge in [0.1, 0.15) is 6.04 Å². The lowest BCUT2D eigenvalue weighted by atomic mass is 9.74. The highest BCUT2D eigenvalue weighted by Crippen LogP contribution is 2.37. The summed E-state index contributed by atoms with van der Waals surface area (Å²) in [6, 6.07) is 14.8. The largest absolute Gasteiger partial charge is 0.480 e. The summed E-state index contributed by atoms with van der Waals surface area (Å²) in [5.74, 6) is -0.219. The van der Waals surface area contributed by atoms with E-state index in [9.17, 15) is 14.7 Å². The molecule has 33 heavy (non-hydrogen) atoms. The highest BCUT2D eigenvalue weighted by atomic mass is 16.4. The average molecular weight is 447 g/mol. The molecule has 1 unspecified atom stereocenters. The highest BCUT2D eigenvalue weighted by molar-refractivity contribution is 6.09. The highest BCUT2D eigenvalue weighted by Gasteiger charge is 2.42. The number of carbonyl (C=O) groups is 2. The van der Waals surface area contributed by atoms with E-state index in [0.29, 0.717) is 18.4 Å². The summed E-state index contributed by atoms with van der Waals surface area (Å²) in [4.78, 5) is 35.0. The van der Waals surface area contributed by atoms with E-state index in [2.05, 4.69) is 15.3 Å². The summed E-state index contributed by atoms with van der Waals surface area (Å²) in [5.41, 5.74) is 2.40. The number of carbonyl (C=O) groups excluding carboxylic acids is 1. The van der Waals surface area contributed by atoms with Crippen LogP contribution in [0.4, 0.5) is 11.5 Å². The summed E-state index contributed by atoms with van der Waals surface area (Å²) in [6.07, 6.45) is 7.55. The fourth-order valence-corrected chi connectivity index (χ4v) is 4.69. The SMILES string of the molecule is CC(NC1(C(=O)c2ccc(N(C)c3c[nH]cn3)cc2-c2ccccc2)CCCCC1)C(=O)O. The molecule has 0 saturated heterocycles. The Bertz CT molecular complexity index is 1110. The van der Waals surface area contributed by atoms with Gasteiger partial charge >= 0.3 is 5.97 Å². The molecular weight excluding hydrogens is 416 g/mol. The third-order valence-electron chi connectivity index (χ3n) is 6.55. The van der Waals surface area contributed by atoms with E-state index >= 15 is 0 Å². The van der Waals surface area contributed by atoms with Gasteiger partial charge in [-0.05, 0) is 49.1 Å². The fourth-order valence-electron chi connectivity index (χ4n) is 4.69. The first-order chi connectivity index (χ1) is 15.9. The Balaban J connectivity index is 1.79. The standard InChI is InChI=1S/C26H30N4O3/c1-18(25(32)33)29-26(13-7-4-8-14-26)24(31)21-12-11-20(30(2)23-16-27-17-28-23)15-22(21)19-9-5-3-6-10-19/h3,5-6,9-12,15-18,29H,4,7-8,13-14H2,1-2H3,(H,27,28)(H,32,33). The van der Waals surface area contributed by atoms with Crippen LogP contribution in [0.2, 0.25) is 0 Å². The molecule has 7 nitrogen and oxygen atoms in total. The number of Topliss-reactive ketones (excluding diaryl/α,β-unsaturated/α-hetero) is 1. The van der Waals surface area contributed by atoms with Gasteiger partial charge in [0.2, 0.25) is 0 Å². The van der Waals surface area contributed by atoms with Crippen LogP contribution < -0.4 is 10.2 Å². The second kappa shape index (κ2) is 9.58. The van der Waals surface area contributed by atoms with Crippen molar-refractivity contribution in [2.45, 2.75) is 50.6 Å². The second-order valence-corrected chi connectivity index (χ2v) is 8.76. The summed E-state index contributed by atoms with van der Waals surface area (Å²) in [7, 11) is 1.93. The van der Waals surface area contributed by atoms with E-state index in [1.165, 1.54) is 0 Å². The van der Waals surface area contributed by atoms with Crippen LogP contribution in [0.3, 0.4) is 0 Å². The van der Waals surface area contributed by atoms with Gasteiger partial charge in [0.05, 0.1) is 11.9 Å². The second-order valence-electron chi connectivity index (χ2n) is 8.76. The van der Waals surface area contributed by atoms with Gasteiger partial charge < -0.3 is 15.0 Å². The molecule has 1 fully saturated rings. The molecule has 1 aliphatic rings. The lowest BCUT2D eigenvalue weighted by Crippen LogP contribution is -2.58. The van der Waals surface area contributed by atoms with Crippen molar-refractivity contribution in [3.8, 4) is 11.1 Å². The van der Waals surface area contributed by atoms with Crippen LogP contribution in [0.1, 0.15) is 49.4 Å². The molecule has 7 heteroatoms. The van der Waals surface area contributed by atoms with Gasteiger partial charge in [0.15, 0.2) is 11.6 Å². The number of hydrogen-bond acceptors (Lipinski definition) is 5. The molecule has 1 aromatic heterocycles. The number of nitrogens with one attached hydrogen (secondary N) is 2. The van der Waals surface area contributed by atoms with Crippen molar-refractivity contribution in [3.63, 3.8) is 0 Å². The van der Waals surface area contributed by atoms with Crippen LogP contribution in [-0.2, 0) is 4.79 Å². The number of aliphatic carboxylic acids is 1. The van der Waals surface area contributed by atoms with Crippen LogP contribution in [0.15, 0.2) is 61.1 Å². The van der Waals surface area contributed by atoms with E-state index in [1.807, 2.05) is 66.7 Å². The molecule has 0 spiro atoms. The number of nitrogens with zero attached hydrogens (tertiary/aromatic N) is 2. The number of imidazole rings is 1. The van der Waals surface area contributed by atoms with Gasteiger partial charge in [-0.2, -0.15) is 0 Å². The molecule has 0 amide bonds. The number of H-pyrrole nitrogens is 1. The number of benzene rings is 2. The first-order valence-corrected chi connectivity index (χ1v) is 11.4. The summed E-state index contributed by atoms with van der Waals surface area (Å²) in [5, 5.41) is 12.7. The molecule has 0 radical (unpaired) electrons. The van der Waals surface area contributed by atoms with Gasteiger partial charge in [-0.1, -0.05) is 49.6 Å². The number of aromatic amines is 1. The Kier molecular flexibility index (Phi) is 6.60. The van der Waals surface area contributed by atoms with Gasteiger partial charge in [0, 0.05) is 24.5 Å². The van der Waals surface area contributed by atoms with Gasteiger partial charge in [0.25, 0.3) is 0 Å². The lowest BCUT2D eigenvalue weighted by molar-refractivity contribution is -0.139. The van der Waals surface area contributed by atoms with E-state index < -0.39 is 17.6 Å². The number of ketones is 1. The van der Waals surface area contributed by atoms with Crippen molar-refractivity contribution in [1.82, 2.24) is 15.3 Å². The molecule has 2 aromatic carbocycles. The van der Waals surface area contributed by atoms with E-state index in [1.54, 1.807) is 13.3 Å². The third-order valence-corrected chi connectivity index (χ3v) is 6.55. The number of carboxylic acids is 1. The van der Waals surface area contributed by atoms with Crippen LogP contribution in [0.25, 0.3) is 11.1 Å². The predicted octanol–water partition coefficient (Wildman–Crippen LogP) is 4.79. The average Bonchev–Trinajstić information content (AvgIpc) is 3.39. The van der Waals surface area contributed by atoms with Gasteiger partial charge in [-0.15, -0.1) is 0 Å². The van der Waals surface area contributed by atoms with Gasteiger partial charge in [-0.25, -0.2) is 4.98 Å². The molecular formula is C26H30N4O3. The summed E-state index contributed by atoms with van der Waals surface area (Å²) < 4.78 is 0. The number of aromatic nitrogens is 2. The number of rotatable bonds is 8. The zero-order chi connectivity index (χ0) is 23.4. The normalized spacial score (nSPS) is 16.2. The monoisotopic (exact) mass is 446 g/mol. The fraction of sp³-hybridized carbons (Fsp3) is 0.346. The topological polar surface area (TPSA) is 98.3 Å². The van der Waals surface area contributed by atoms with Crippen molar-refractivity contribution < 1.29 is 14.7 Å². The minimum absolute atomic E-state index is 0.0388. The maximum Gasteiger partial charge on any atom is 0.320 e. The van der Waals surface area contributed by atoms with Crippen LogP contribution in [0, 0.1) is 0 Å². The smallest absolute Gasteiger partial charge is 0.320 e. The maximum absolute atomic E-state index is 14.1. The van der Waals surface area contributed by atoms with Crippen molar-refractivity contribution in [2.75, 3.05) is 11.9 Å². The van der Waals surface area contributed by atoms with Crippen LogP contribution in [-0.4, -0.2) is 45.5 Å². The molecule has 172 valence electrons. The number of anilines is 2. The molecule has 1 heterocycles. The Labute approximate surface area is 193 Å². The lowest BCUT2D eigenvalue weighted by Gasteiger charge is -2.39. The molecule has 3 aromatic rings. The van der Waals surface area contributed by atoms with Gasteiger partial charge in [-0.3, -0.25) is 14.9 Å². The number of hydrogen-bond donors (Lipinski definition) is 3. The molecule has 1 atom stereocenters. The third kappa shape index (κ3) is 4.68. The van der Waals surface area contributed by atoms with Crippen molar-refractivity contribution >= 4 is 23.3 Å². The van der Waals surface area contributed by atoms with Crippen molar-refractivity contribution in [3.05, 3.63) is 66.6 Å². The quantitative estimate of drug-likeness (QED) is 0.430. The van der Waals surface area contributed by atoms with E-state index in [0.717, 1.165) is 41.9 Å². The zero-order valence-electron chi connectivity index (χ0n) is 19.0. The summed E-state index contributed by atoms with van der Waals surface area (Å²) >= 11 is 0. The number of carboxylic acid groups (broad SMARTS) is 1. The van der Waals surface area contributed by atoms with E-state index in [4.69, 9.17) is 0 Å². The molecule has 0 bridgehead atoms. The molecule has 3 N–H and O–H groups in total. The molecule has 1 aliphatic carbocycles.